The van der Waals surface area contributed by atoms with E-state index in [2.05, 4.69) is 5.32 Å². The number of carbonyl (C=O) groups excluding carboxylic acids is 1. The van der Waals surface area contributed by atoms with Gasteiger partial charge in [-0.25, -0.2) is 12.8 Å². The minimum atomic E-state index is -3.94. The maximum absolute atomic E-state index is 15.2. The van der Waals surface area contributed by atoms with E-state index < -0.39 is 21.6 Å². The summed E-state index contributed by atoms with van der Waals surface area (Å²) in [6.45, 7) is -0.00965. The van der Waals surface area contributed by atoms with Crippen molar-refractivity contribution in [2.45, 2.75) is 30.0 Å². The van der Waals surface area contributed by atoms with Crippen molar-refractivity contribution in [3.8, 4) is 11.5 Å². The molecule has 1 saturated heterocycles. The van der Waals surface area contributed by atoms with Crippen LogP contribution < -0.4 is 14.8 Å². The first-order valence-electron chi connectivity index (χ1n) is 9.53. The Kier molecular flexibility index (Phi) is 6.62. The summed E-state index contributed by atoms with van der Waals surface area (Å²) in [4.78, 5) is 12.4. The summed E-state index contributed by atoms with van der Waals surface area (Å²) in [5.74, 6) is -0.178. The van der Waals surface area contributed by atoms with Crippen LogP contribution in [0.15, 0.2) is 53.4 Å². The molecule has 30 heavy (non-hydrogen) atoms. The Morgan fingerprint density at radius 2 is 1.77 bits per heavy atom. The highest BCUT2D eigenvalue weighted by atomic mass is 32.2. The number of benzene rings is 2. The van der Waals surface area contributed by atoms with Crippen molar-refractivity contribution < 1.29 is 27.1 Å². The minimum absolute atomic E-state index is 0.0516. The molecule has 1 fully saturated rings. The van der Waals surface area contributed by atoms with E-state index in [1.54, 1.807) is 6.07 Å². The highest BCUT2D eigenvalue weighted by Gasteiger charge is 2.44. The molecule has 0 atom stereocenters. The molecule has 0 spiro atoms. The van der Waals surface area contributed by atoms with Gasteiger partial charge in [-0.05, 0) is 17.7 Å². The van der Waals surface area contributed by atoms with Gasteiger partial charge >= 0.3 is 0 Å². The third kappa shape index (κ3) is 4.57. The summed E-state index contributed by atoms with van der Waals surface area (Å²) in [5.41, 5.74) is -1.25. The van der Waals surface area contributed by atoms with Crippen LogP contribution in [0.4, 0.5) is 4.39 Å². The lowest BCUT2D eigenvalue weighted by molar-refractivity contribution is -0.135. The first-order valence-corrected chi connectivity index (χ1v) is 11.0. The summed E-state index contributed by atoms with van der Waals surface area (Å²) in [6.07, 6.45) is -0.446. The number of hydrogen-bond acceptors (Lipinski definition) is 5. The van der Waals surface area contributed by atoms with Crippen molar-refractivity contribution in [2.24, 2.45) is 0 Å². The lowest BCUT2D eigenvalue weighted by Gasteiger charge is -2.34. The Morgan fingerprint density at radius 3 is 2.37 bits per heavy atom. The predicted octanol–water partition coefficient (Wildman–Crippen LogP) is 2.51. The number of sulfonamides is 1. The van der Waals surface area contributed by atoms with E-state index in [1.165, 1.54) is 30.7 Å². The molecule has 7 nitrogen and oxygen atoms in total. The zero-order valence-electron chi connectivity index (χ0n) is 16.9. The van der Waals surface area contributed by atoms with Gasteiger partial charge in [-0.3, -0.25) is 4.79 Å². The Balaban J connectivity index is 1.69. The molecule has 3 rings (SSSR count). The van der Waals surface area contributed by atoms with Crippen LogP contribution in [0.25, 0.3) is 0 Å². The van der Waals surface area contributed by atoms with E-state index in [1.807, 2.05) is 30.3 Å². The van der Waals surface area contributed by atoms with E-state index in [0.717, 1.165) is 5.56 Å². The third-order valence-electron chi connectivity index (χ3n) is 5.21. The summed E-state index contributed by atoms with van der Waals surface area (Å²) in [7, 11) is -1.13. The maximum Gasteiger partial charge on any atom is 0.258 e. The minimum Gasteiger partial charge on any atom is -0.497 e. The monoisotopic (exact) mass is 436 g/mol. The first-order chi connectivity index (χ1) is 14.3. The molecule has 162 valence electrons. The average molecular weight is 437 g/mol. The van der Waals surface area contributed by atoms with Crippen LogP contribution in [0.5, 0.6) is 11.5 Å². The molecule has 1 aliphatic heterocycles. The smallest absolute Gasteiger partial charge is 0.258 e. The second-order valence-electron chi connectivity index (χ2n) is 7.05. The lowest BCUT2D eigenvalue weighted by atomic mass is 9.93. The zero-order chi connectivity index (χ0) is 21.8. The molecular formula is C21H25FN2O5S. The van der Waals surface area contributed by atoms with Gasteiger partial charge in [0.2, 0.25) is 10.0 Å². The van der Waals surface area contributed by atoms with Gasteiger partial charge in [0.25, 0.3) is 5.91 Å². The Morgan fingerprint density at radius 1 is 1.10 bits per heavy atom. The van der Waals surface area contributed by atoms with Crippen LogP contribution in [0, 0.1) is 0 Å². The normalized spacial score (nSPS) is 16.6. The molecule has 0 aromatic heterocycles. The third-order valence-corrected chi connectivity index (χ3v) is 7.13. The Labute approximate surface area is 175 Å². The molecule has 1 heterocycles. The van der Waals surface area contributed by atoms with Crippen molar-refractivity contribution in [1.82, 2.24) is 9.62 Å². The molecule has 0 saturated carbocycles. The Bertz CT molecular complexity index is 990. The van der Waals surface area contributed by atoms with E-state index in [-0.39, 0.29) is 43.1 Å². The van der Waals surface area contributed by atoms with Crippen LogP contribution in [0.3, 0.4) is 0 Å². The molecule has 0 bridgehead atoms. The maximum atomic E-state index is 15.2. The van der Waals surface area contributed by atoms with Crippen LogP contribution in [0.2, 0.25) is 0 Å². The molecule has 0 unspecified atom stereocenters. The number of nitrogens with zero attached hydrogens (tertiary/aromatic N) is 1. The fraction of sp³-hybridized carbons (Fsp3) is 0.381. The second-order valence-corrected chi connectivity index (χ2v) is 8.96. The molecule has 2 aromatic carbocycles. The van der Waals surface area contributed by atoms with E-state index in [9.17, 15) is 13.2 Å². The van der Waals surface area contributed by atoms with Crippen LogP contribution in [-0.2, 0) is 21.4 Å². The number of ether oxygens (including phenoxy) is 2. The fourth-order valence-corrected chi connectivity index (χ4v) is 4.98. The fourth-order valence-electron chi connectivity index (χ4n) is 3.37. The number of rotatable bonds is 7. The van der Waals surface area contributed by atoms with Gasteiger partial charge in [-0.1, -0.05) is 30.3 Å². The number of halogens is 1. The second kappa shape index (κ2) is 9.01. The molecular weight excluding hydrogens is 411 g/mol. The van der Waals surface area contributed by atoms with Crippen molar-refractivity contribution in [1.29, 1.82) is 0 Å². The van der Waals surface area contributed by atoms with Crippen molar-refractivity contribution in [3.05, 3.63) is 54.1 Å². The summed E-state index contributed by atoms with van der Waals surface area (Å²) < 4.78 is 52.9. The topological polar surface area (TPSA) is 84.9 Å². The van der Waals surface area contributed by atoms with Gasteiger partial charge < -0.3 is 14.8 Å². The quantitative estimate of drug-likeness (QED) is 0.721. The number of nitrogens with one attached hydrogen (secondary N) is 1. The van der Waals surface area contributed by atoms with Gasteiger partial charge in [0.05, 0.1) is 14.2 Å². The summed E-state index contributed by atoms with van der Waals surface area (Å²) in [5, 5.41) is 2.61. The zero-order valence-corrected chi connectivity index (χ0v) is 17.7. The number of carbonyl (C=O) groups is 1. The molecule has 1 aliphatic rings. The predicted molar refractivity (Wildman–Crippen MR) is 110 cm³/mol. The molecule has 2 aromatic rings. The van der Waals surface area contributed by atoms with Crippen LogP contribution in [-0.4, -0.2) is 51.6 Å². The Hall–Kier alpha value is -2.65. The summed E-state index contributed by atoms with van der Waals surface area (Å²) in [6, 6.07) is 13.7. The highest BCUT2D eigenvalue weighted by Crippen LogP contribution is 2.34. The van der Waals surface area contributed by atoms with Crippen LogP contribution >= 0.6 is 0 Å². The van der Waals surface area contributed by atoms with Crippen molar-refractivity contribution >= 4 is 15.9 Å². The van der Waals surface area contributed by atoms with Crippen molar-refractivity contribution in [2.75, 3.05) is 27.3 Å². The average Bonchev–Trinajstić information content (AvgIpc) is 2.77. The number of methoxy groups -OCH3 is 2. The number of hydrogen-bond donors (Lipinski definition) is 1. The summed E-state index contributed by atoms with van der Waals surface area (Å²) >= 11 is 0. The lowest BCUT2D eigenvalue weighted by Crippen LogP contribution is -2.52. The molecule has 0 aliphatic carbocycles. The molecule has 9 heteroatoms. The van der Waals surface area contributed by atoms with E-state index in [4.69, 9.17) is 9.47 Å². The largest absolute Gasteiger partial charge is 0.497 e. The van der Waals surface area contributed by atoms with Gasteiger partial charge in [0, 0.05) is 38.5 Å². The molecule has 0 radical (unpaired) electrons. The standard InChI is InChI=1S/C21H25FN2O5S/c1-28-17-8-9-18(29-2)19(14-17)30(26,27)24-12-10-21(22,11-13-24)20(25)23-15-16-6-4-3-5-7-16/h3-9,14H,10-13,15H2,1-2H3,(H,23,25). The van der Waals surface area contributed by atoms with E-state index >= 15 is 4.39 Å². The van der Waals surface area contributed by atoms with E-state index in [0.29, 0.717) is 5.75 Å². The van der Waals surface area contributed by atoms with Gasteiger partial charge in [-0.2, -0.15) is 4.31 Å². The highest BCUT2D eigenvalue weighted by molar-refractivity contribution is 7.89. The van der Waals surface area contributed by atoms with Gasteiger partial charge in [-0.15, -0.1) is 0 Å². The van der Waals surface area contributed by atoms with Gasteiger partial charge in [0.15, 0.2) is 5.67 Å². The van der Waals surface area contributed by atoms with Gasteiger partial charge in [0.1, 0.15) is 16.4 Å². The SMILES string of the molecule is COc1ccc(OC)c(S(=O)(=O)N2CCC(F)(C(=O)NCc3ccccc3)CC2)c1. The molecule has 1 amide bonds. The number of alkyl halides is 1. The van der Waals surface area contributed by atoms with Crippen molar-refractivity contribution in [3.63, 3.8) is 0 Å². The number of amides is 1. The first kappa shape index (κ1) is 22.0. The molecule has 1 N–H and O–H groups in total. The number of piperidine rings is 1. The van der Waals surface area contributed by atoms with Crippen LogP contribution in [0.1, 0.15) is 18.4 Å².